The average Bonchev–Trinajstić information content (AvgIpc) is 3.08. The molecule has 2 aromatic rings. The molecule has 5 heteroatoms. The number of carbonyl (C=O) groups is 1. The van der Waals surface area contributed by atoms with Gasteiger partial charge in [0.1, 0.15) is 0 Å². The van der Waals surface area contributed by atoms with Crippen molar-refractivity contribution in [1.82, 2.24) is 14.5 Å². The van der Waals surface area contributed by atoms with Crippen molar-refractivity contribution in [3.63, 3.8) is 0 Å². The molecule has 1 aromatic heterocycles. The van der Waals surface area contributed by atoms with Crippen molar-refractivity contribution in [2.45, 2.75) is 19.4 Å². The number of hydrogen-bond acceptors (Lipinski definition) is 3. The van der Waals surface area contributed by atoms with E-state index in [1.54, 1.807) is 30.5 Å². The van der Waals surface area contributed by atoms with Gasteiger partial charge >= 0.3 is 0 Å². The zero-order valence-electron chi connectivity index (χ0n) is 12.4. The molecule has 1 fully saturated rings. The molecule has 0 saturated carbocycles. The van der Waals surface area contributed by atoms with Crippen LogP contribution in [-0.2, 0) is 6.54 Å². The Kier molecular flexibility index (Phi) is 4.19. The summed E-state index contributed by atoms with van der Waals surface area (Å²) >= 11 is 0. The third-order valence-electron chi connectivity index (χ3n) is 4.19. The average molecular weight is 294 g/mol. The van der Waals surface area contributed by atoms with E-state index in [2.05, 4.69) is 15.6 Å². The van der Waals surface area contributed by atoms with Crippen LogP contribution in [0, 0.1) is 17.2 Å². The van der Waals surface area contributed by atoms with Gasteiger partial charge in [-0.15, -0.1) is 0 Å². The number of nitrogens with zero attached hydrogens (tertiary/aromatic N) is 4. The van der Waals surface area contributed by atoms with Crippen molar-refractivity contribution in [2.75, 3.05) is 13.1 Å². The number of amides is 1. The summed E-state index contributed by atoms with van der Waals surface area (Å²) in [4.78, 5) is 18.4. The monoisotopic (exact) mass is 294 g/mol. The third-order valence-corrected chi connectivity index (χ3v) is 4.19. The summed E-state index contributed by atoms with van der Waals surface area (Å²) < 4.78 is 2.10. The number of likely N-dealkylation sites (tertiary alicyclic amines) is 1. The van der Waals surface area contributed by atoms with Crippen LogP contribution in [0.4, 0.5) is 0 Å². The molecule has 22 heavy (non-hydrogen) atoms. The van der Waals surface area contributed by atoms with Gasteiger partial charge in [-0.25, -0.2) is 4.98 Å². The fourth-order valence-electron chi connectivity index (χ4n) is 2.88. The van der Waals surface area contributed by atoms with E-state index >= 15 is 0 Å². The van der Waals surface area contributed by atoms with Crippen LogP contribution in [0.2, 0.25) is 0 Å². The minimum Gasteiger partial charge on any atom is -0.339 e. The normalized spacial score (nSPS) is 15.5. The standard InChI is InChI=1S/C17H18N4O/c18-11-14-1-3-16(4-2-14)17(22)21-8-5-15(6-9-21)12-20-10-7-19-13-20/h1-4,7,10,13,15H,5-6,8-9,12H2. The molecule has 0 aliphatic carbocycles. The fourth-order valence-corrected chi connectivity index (χ4v) is 2.88. The number of carbonyl (C=O) groups excluding carboxylic acids is 1. The second kappa shape index (κ2) is 6.44. The van der Waals surface area contributed by atoms with Crippen LogP contribution in [0.25, 0.3) is 0 Å². The molecule has 0 spiro atoms. The summed E-state index contributed by atoms with van der Waals surface area (Å²) in [6.07, 6.45) is 7.65. The molecule has 5 nitrogen and oxygen atoms in total. The highest BCUT2D eigenvalue weighted by molar-refractivity contribution is 5.94. The number of benzene rings is 1. The van der Waals surface area contributed by atoms with E-state index in [1.165, 1.54) is 0 Å². The lowest BCUT2D eigenvalue weighted by Crippen LogP contribution is -2.39. The predicted molar refractivity (Wildman–Crippen MR) is 82.0 cm³/mol. The summed E-state index contributed by atoms with van der Waals surface area (Å²) in [5.74, 6) is 0.657. The van der Waals surface area contributed by atoms with Gasteiger partial charge in [-0.3, -0.25) is 4.79 Å². The highest BCUT2D eigenvalue weighted by Gasteiger charge is 2.23. The Hall–Kier alpha value is -2.61. The number of piperidine rings is 1. The summed E-state index contributed by atoms with van der Waals surface area (Å²) in [5.41, 5.74) is 1.24. The first-order valence-corrected chi connectivity index (χ1v) is 7.51. The van der Waals surface area contributed by atoms with E-state index in [4.69, 9.17) is 5.26 Å². The van der Waals surface area contributed by atoms with Crippen LogP contribution in [0.3, 0.4) is 0 Å². The van der Waals surface area contributed by atoms with E-state index in [0.717, 1.165) is 32.5 Å². The van der Waals surface area contributed by atoms with Gasteiger partial charge in [0.2, 0.25) is 0 Å². The van der Waals surface area contributed by atoms with Gasteiger partial charge in [0.25, 0.3) is 5.91 Å². The van der Waals surface area contributed by atoms with Crippen molar-refractivity contribution in [1.29, 1.82) is 5.26 Å². The molecule has 112 valence electrons. The van der Waals surface area contributed by atoms with Crippen molar-refractivity contribution < 1.29 is 4.79 Å². The molecule has 2 heterocycles. The first-order chi connectivity index (χ1) is 10.8. The molecule has 0 atom stereocenters. The number of hydrogen-bond donors (Lipinski definition) is 0. The molecule has 0 radical (unpaired) electrons. The van der Waals surface area contributed by atoms with Crippen LogP contribution in [-0.4, -0.2) is 33.4 Å². The Bertz CT molecular complexity index is 662. The van der Waals surface area contributed by atoms with Gasteiger partial charge in [0.15, 0.2) is 0 Å². The van der Waals surface area contributed by atoms with E-state index in [0.29, 0.717) is 17.0 Å². The largest absolute Gasteiger partial charge is 0.339 e. The number of aromatic nitrogens is 2. The van der Waals surface area contributed by atoms with E-state index < -0.39 is 0 Å². The molecule has 1 amide bonds. The van der Waals surface area contributed by atoms with Gasteiger partial charge < -0.3 is 9.47 Å². The maximum absolute atomic E-state index is 12.5. The lowest BCUT2D eigenvalue weighted by Gasteiger charge is -2.32. The minimum atomic E-state index is 0.0607. The summed E-state index contributed by atoms with van der Waals surface area (Å²) in [7, 11) is 0. The van der Waals surface area contributed by atoms with Crippen molar-refractivity contribution in [2.24, 2.45) is 5.92 Å². The highest BCUT2D eigenvalue weighted by atomic mass is 16.2. The topological polar surface area (TPSA) is 61.9 Å². The molecule has 1 aliphatic rings. The second-order valence-electron chi connectivity index (χ2n) is 5.68. The lowest BCUT2D eigenvalue weighted by atomic mass is 9.96. The lowest BCUT2D eigenvalue weighted by molar-refractivity contribution is 0.0683. The summed E-state index contributed by atoms with van der Waals surface area (Å²) in [5, 5.41) is 8.80. The van der Waals surface area contributed by atoms with Crippen molar-refractivity contribution >= 4 is 5.91 Å². The van der Waals surface area contributed by atoms with E-state index in [9.17, 15) is 4.79 Å². The molecular formula is C17H18N4O. The van der Waals surface area contributed by atoms with E-state index in [-0.39, 0.29) is 5.91 Å². The Morgan fingerprint density at radius 3 is 2.59 bits per heavy atom. The first kappa shape index (κ1) is 14.3. The Balaban J connectivity index is 1.56. The van der Waals surface area contributed by atoms with Crippen LogP contribution in [0.1, 0.15) is 28.8 Å². The highest BCUT2D eigenvalue weighted by Crippen LogP contribution is 2.20. The number of nitriles is 1. The van der Waals surface area contributed by atoms with Gasteiger partial charge in [0, 0.05) is 37.6 Å². The Morgan fingerprint density at radius 2 is 2.00 bits per heavy atom. The third kappa shape index (κ3) is 3.17. The van der Waals surface area contributed by atoms with Crippen LogP contribution < -0.4 is 0 Å². The summed E-state index contributed by atoms with van der Waals surface area (Å²) in [6, 6.07) is 8.92. The van der Waals surface area contributed by atoms with Gasteiger partial charge in [-0.1, -0.05) is 0 Å². The van der Waals surface area contributed by atoms with Crippen LogP contribution in [0.5, 0.6) is 0 Å². The Morgan fingerprint density at radius 1 is 1.27 bits per heavy atom. The SMILES string of the molecule is N#Cc1ccc(C(=O)N2CCC(Cn3ccnc3)CC2)cc1. The summed E-state index contributed by atoms with van der Waals surface area (Å²) in [6.45, 7) is 2.55. The van der Waals surface area contributed by atoms with Crippen molar-refractivity contribution in [3.05, 3.63) is 54.1 Å². The molecule has 3 rings (SSSR count). The zero-order chi connectivity index (χ0) is 15.4. The second-order valence-corrected chi connectivity index (χ2v) is 5.68. The molecular weight excluding hydrogens is 276 g/mol. The molecule has 0 unspecified atom stereocenters. The molecule has 1 aromatic carbocycles. The molecule has 0 N–H and O–H groups in total. The zero-order valence-corrected chi connectivity index (χ0v) is 12.4. The predicted octanol–water partition coefficient (Wildman–Crippen LogP) is 2.31. The first-order valence-electron chi connectivity index (χ1n) is 7.51. The minimum absolute atomic E-state index is 0.0607. The fraction of sp³-hybridized carbons (Fsp3) is 0.353. The van der Waals surface area contributed by atoms with E-state index in [1.807, 2.05) is 17.4 Å². The Labute approximate surface area is 129 Å². The number of rotatable bonds is 3. The number of imidazole rings is 1. The molecule has 1 saturated heterocycles. The van der Waals surface area contributed by atoms with Crippen LogP contribution in [0.15, 0.2) is 43.0 Å². The molecule has 1 aliphatic heterocycles. The maximum atomic E-state index is 12.5. The smallest absolute Gasteiger partial charge is 0.253 e. The van der Waals surface area contributed by atoms with Crippen LogP contribution >= 0.6 is 0 Å². The maximum Gasteiger partial charge on any atom is 0.253 e. The van der Waals surface area contributed by atoms with Gasteiger partial charge in [0.05, 0.1) is 18.0 Å². The quantitative estimate of drug-likeness (QED) is 0.872. The van der Waals surface area contributed by atoms with Crippen molar-refractivity contribution in [3.8, 4) is 6.07 Å². The van der Waals surface area contributed by atoms with Gasteiger partial charge in [-0.05, 0) is 43.0 Å². The molecule has 0 bridgehead atoms. The van der Waals surface area contributed by atoms with Gasteiger partial charge in [-0.2, -0.15) is 5.26 Å².